The first-order chi connectivity index (χ1) is 9.34. The number of piperidine rings is 1. The summed E-state index contributed by atoms with van der Waals surface area (Å²) in [6, 6.07) is 0.552. The molecule has 0 aromatic rings. The van der Waals surface area contributed by atoms with Gasteiger partial charge in [-0.2, -0.15) is 0 Å². The highest BCUT2D eigenvalue weighted by atomic mass is 16.5. The molecule has 4 nitrogen and oxygen atoms in total. The quantitative estimate of drug-likeness (QED) is 0.759. The van der Waals surface area contributed by atoms with Crippen molar-refractivity contribution in [3.8, 4) is 0 Å². The molecule has 2 unspecified atom stereocenters. The Morgan fingerprint density at radius 3 is 2.58 bits per heavy atom. The van der Waals surface area contributed by atoms with Crippen LogP contribution in [0, 0.1) is 5.92 Å². The van der Waals surface area contributed by atoms with Crippen LogP contribution >= 0.6 is 0 Å². The molecule has 4 heteroatoms. The Morgan fingerprint density at radius 2 is 1.74 bits per heavy atom. The maximum absolute atomic E-state index is 12.6. The van der Waals surface area contributed by atoms with Crippen LogP contribution in [0.15, 0.2) is 0 Å². The van der Waals surface area contributed by atoms with Gasteiger partial charge in [-0.15, -0.1) is 0 Å². The smallest absolute Gasteiger partial charge is 0.237 e. The number of carbonyl (C=O) groups is 1. The minimum Gasteiger partial charge on any atom is -0.379 e. The van der Waals surface area contributed by atoms with Crippen molar-refractivity contribution in [2.24, 2.45) is 5.92 Å². The monoisotopic (exact) mass is 266 g/mol. The van der Waals surface area contributed by atoms with Gasteiger partial charge in [0.05, 0.1) is 19.8 Å². The first-order valence-corrected chi connectivity index (χ1v) is 7.94. The van der Waals surface area contributed by atoms with Crippen LogP contribution in [0.4, 0.5) is 0 Å². The Bertz CT molecular complexity index is 313. The molecule has 0 aromatic carbocycles. The zero-order valence-corrected chi connectivity index (χ0v) is 11.9. The summed E-state index contributed by atoms with van der Waals surface area (Å²) in [5.41, 5.74) is 0. The van der Waals surface area contributed by atoms with Gasteiger partial charge in [-0.1, -0.05) is 12.8 Å². The van der Waals surface area contributed by atoms with E-state index in [0.717, 1.165) is 38.8 Å². The number of likely N-dealkylation sites (tertiary alicyclic amines) is 1. The maximum atomic E-state index is 12.6. The van der Waals surface area contributed by atoms with Crippen LogP contribution in [0.3, 0.4) is 0 Å². The van der Waals surface area contributed by atoms with Crippen molar-refractivity contribution in [2.75, 3.05) is 39.4 Å². The van der Waals surface area contributed by atoms with E-state index in [9.17, 15) is 4.79 Å². The van der Waals surface area contributed by atoms with Gasteiger partial charge >= 0.3 is 0 Å². The highest BCUT2D eigenvalue weighted by Gasteiger charge is 2.35. The number of ether oxygens (including phenoxy) is 1. The summed E-state index contributed by atoms with van der Waals surface area (Å²) < 4.78 is 5.35. The highest BCUT2D eigenvalue weighted by Crippen LogP contribution is 2.35. The summed E-state index contributed by atoms with van der Waals surface area (Å²) in [6.07, 6.45) is 7.79. The van der Waals surface area contributed by atoms with E-state index >= 15 is 0 Å². The van der Waals surface area contributed by atoms with Gasteiger partial charge in [0.1, 0.15) is 0 Å². The summed E-state index contributed by atoms with van der Waals surface area (Å²) in [4.78, 5) is 17.0. The molecule has 1 saturated carbocycles. The maximum Gasteiger partial charge on any atom is 0.237 e. The Kier molecular flexibility index (Phi) is 4.38. The molecule has 19 heavy (non-hydrogen) atoms. The summed E-state index contributed by atoms with van der Waals surface area (Å²) >= 11 is 0. The van der Waals surface area contributed by atoms with Gasteiger partial charge in [0.25, 0.3) is 0 Å². The van der Waals surface area contributed by atoms with Crippen molar-refractivity contribution < 1.29 is 9.53 Å². The number of rotatable bonds is 2. The highest BCUT2D eigenvalue weighted by molar-refractivity contribution is 5.78. The number of nitrogens with zero attached hydrogens (tertiary/aromatic N) is 2. The lowest BCUT2D eigenvalue weighted by molar-refractivity contribution is -0.139. The van der Waals surface area contributed by atoms with Crippen molar-refractivity contribution >= 4 is 5.91 Å². The van der Waals surface area contributed by atoms with Gasteiger partial charge in [-0.05, 0) is 31.6 Å². The van der Waals surface area contributed by atoms with Crippen LogP contribution in [0.1, 0.15) is 38.5 Å². The van der Waals surface area contributed by atoms with Crippen LogP contribution in [-0.4, -0.2) is 61.1 Å². The van der Waals surface area contributed by atoms with Crippen molar-refractivity contribution in [3.63, 3.8) is 0 Å². The molecule has 3 aliphatic rings. The molecule has 3 rings (SSSR count). The van der Waals surface area contributed by atoms with Crippen molar-refractivity contribution in [1.29, 1.82) is 0 Å². The summed E-state index contributed by atoms with van der Waals surface area (Å²) in [6.45, 7) is 4.97. The van der Waals surface area contributed by atoms with Crippen LogP contribution in [-0.2, 0) is 9.53 Å². The van der Waals surface area contributed by atoms with E-state index < -0.39 is 0 Å². The zero-order valence-electron chi connectivity index (χ0n) is 11.9. The Morgan fingerprint density at radius 1 is 1.00 bits per heavy atom. The fraction of sp³-hybridized carbons (Fsp3) is 0.933. The normalized spacial score (nSPS) is 32.9. The largest absolute Gasteiger partial charge is 0.379 e. The van der Waals surface area contributed by atoms with Crippen LogP contribution in [0.2, 0.25) is 0 Å². The zero-order chi connectivity index (χ0) is 13.1. The van der Waals surface area contributed by atoms with E-state index in [-0.39, 0.29) is 0 Å². The third kappa shape index (κ3) is 3.11. The minimum absolute atomic E-state index is 0.360. The lowest BCUT2D eigenvalue weighted by Gasteiger charge is -2.44. The molecule has 2 heterocycles. The number of hydrogen-bond acceptors (Lipinski definition) is 3. The van der Waals surface area contributed by atoms with E-state index in [1.165, 1.54) is 38.5 Å². The van der Waals surface area contributed by atoms with Crippen LogP contribution in [0.25, 0.3) is 0 Å². The average molecular weight is 266 g/mol. The fourth-order valence-electron chi connectivity index (χ4n) is 3.98. The second-order valence-electron chi connectivity index (χ2n) is 6.23. The van der Waals surface area contributed by atoms with Crippen molar-refractivity contribution in [2.45, 2.75) is 44.6 Å². The second kappa shape index (κ2) is 6.23. The molecule has 1 aliphatic carbocycles. The molecule has 3 fully saturated rings. The minimum atomic E-state index is 0.360. The third-order valence-corrected chi connectivity index (χ3v) is 5.03. The molecule has 2 aliphatic heterocycles. The molecular weight excluding hydrogens is 240 g/mol. The Labute approximate surface area is 116 Å². The molecule has 2 saturated heterocycles. The van der Waals surface area contributed by atoms with E-state index in [2.05, 4.69) is 9.80 Å². The molecular formula is C15H26N2O2. The molecule has 0 radical (unpaired) electrons. The van der Waals surface area contributed by atoms with E-state index in [0.29, 0.717) is 18.5 Å². The number of morpholine rings is 1. The van der Waals surface area contributed by atoms with E-state index in [1.807, 2.05) is 0 Å². The van der Waals surface area contributed by atoms with Gasteiger partial charge in [-0.25, -0.2) is 0 Å². The van der Waals surface area contributed by atoms with E-state index in [1.54, 1.807) is 0 Å². The topological polar surface area (TPSA) is 32.8 Å². The molecule has 1 amide bonds. The predicted molar refractivity (Wildman–Crippen MR) is 74.0 cm³/mol. The molecule has 0 aromatic heterocycles. The average Bonchev–Trinajstić information content (AvgIpc) is 2.47. The number of amides is 1. The number of carbonyl (C=O) groups excluding carboxylic acids is 1. The second-order valence-corrected chi connectivity index (χ2v) is 6.23. The van der Waals surface area contributed by atoms with Crippen LogP contribution < -0.4 is 0 Å². The molecule has 108 valence electrons. The molecule has 2 atom stereocenters. The van der Waals surface area contributed by atoms with Gasteiger partial charge in [0.15, 0.2) is 0 Å². The lowest BCUT2D eigenvalue weighted by atomic mass is 9.78. The van der Waals surface area contributed by atoms with Gasteiger partial charge in [-0.3, -0.25) is 9.69 Å². The standard InChI is InChI=1S/C15H26N2O2/c18-15(12-16-8-10-19-11-9-16)17-7-3-5-13-4-1-2-6-14(13)17/h13-14H,1-12H2. The van der Waals surface area contributed by atoms with Gasteiger partial charge in [0.2, 0.25) is 5.91 Å². The number of fused-ring (bicyclic) bond motifs is 1. The lowest BCUT2D eigenvalue weighted by Crippen LogP contribution is -2.53. The SMILES string of the molecule is O=C(CN1CCOCC1)N1CCCC2CCCCC21. The Hall–Kier alpha value is -0.610. The van der Waals surface area contributed by atoms with Gasteiger partial charge < -0.3 is 9.64 Å². The van der Waals surface area contributed by atoms with Crippen LogP contribution in [0.5, 0.6) is 0 Å². The predicted octanol–water partition coefficient (Wildman–Crippen LogP) is 1.50. The Balaban J connectivity index is 1.58. The molecule has 0 bridgehead atoms. The summed E-state index contributed by atoms with van der Waals surface area (Å²) in [5, 5.41) is 0. The van der Waals surface area contributed by atoms with Crippen molar-refractivity contribution in [3.05, 3.63) is 0 Å². The first kappa shape index (κ1) is 13.4. The summed E-state index contributed by atoms with van der Waals surface area (Å²) in [5.74, 6) is 1.15. The molecule has 0 spiro atoms. The van der Waals surface area contributed by atoms with Gasteiger partial charge in [0, 0.05) is 25.7 Å². The summed E-state index contributed by atoms with van der Waals surface area (Å²) in [7, 11) is 0. The van der Waals surface area contributed by atoms with E-state index in [4.69, 9.17) is 4.74 Å². The van der Waals surface area contributed by atoms with Crippen molar-refractivity contribution in [1.82, 2.24) is 9.80 Å². The third-order valence-electron chi connectivity index (χ3n) is 5.03. The fourth-order valence-corrected chi connectivity index (χ4v) is 3.98. The first-order valence-electron chi connectivity index (χ1n) is 7.94. The number of hydrogen-bond donors (Lipinski definition) is 0. The molecule has 0 N–H and O–H groups in total.